The summed E-state index contributed by atoms with van der Waals surface area (Å²) in [4.78, 5) is 2.30. The number of hydrogen-bond donors (Lipinski definition) is 1. The first-order valence-electron chi connectivity index (χ1n) is 5.46. The molecule has 1 aromatic carbocycles. The van der Waals surface area contributed by atoms with Crippen LogP contribution in [-0.4, -0.2) is 30.9 Å². The highest BCUT2D eigenvalue weighted by atomic mass is 79.9. The Kier molecular flexibility index (Phi) is 3.84. The Hall–Kier alpha value is -0.580. The zero-order chi connectivity index (χ0) is 11.5. The van der Waals surface area contributed by atoms with Gasteiger partial charge < -0.3 is 14.7 Å². The molecule has 1 aromatic rings. The second-order valence-corrected chi connectivity index (χ2v) is 4.93. The molecule has 2 rings (SSSR count). The van der Waals surface area contributed by atoms with Crippen molar-refractivity contribution in [2.45, 2.75) is 19.6 Å². The number of nitrogens with zero attached hydrogens (tertiary/aromatic N) is 1. The van der Waals surface area contributed by atoms with Gasteiger partial charge in [0, 0.05) is 17.6 Å². The van der Waals surface area contributed by atoms with Gasteiger partial charge in [0.15, 0.2) is 0 Å². The Morgan fingerprint density at radius 3 is 3.00 bits per heavy atom. The summed E-state index contributed by atoms with van der Waals surface area (Å²) in [5.41, 5.74) is 2.10. The van der Waals surface area contributed by atoms with E-state index in [-0.39, 0.29) is 12.7 Å². The van der Waals surface area contributed by atoms with E-state index in [0.717, 1.165) is 29.7 Å². The molecule has 0 amide bonds. The smallest absolute Gasteiger partial charge is 0.0722 e. The van der Waals surface area contributed by atoms with Gasteiger partial charge in [-0.25, -0.2) is 0 Å². The first kappa shape index (κ1) is 11.9. The second-order valence-electron chi connectivity index (χ2n) is 4.07. The maximum atomic E-state index is 9.05. The van der Waals surface area contributed by atoms with Gasteiger partial charge in [-0.1, -0.05) is 6.07 Å². The summed E-state index contributed by atoms with van der Waals surface area (Å²) in [6.07, 6.45) is 0.276. The third-order valence-electron chi connectivity index (χ3n) is 2.78. The van der Waals surface area contributed by atoms with Crippen molar-refractivity contribution < 1.29 is 9.84 Å². The van der Waals surface area contributed by atoms with Gasteiger partial charge in [0.2, 0.25) is 0 Å². The third kappa shape index (κ3) is 2.56. The normalized spacial score (nSPS) is 21.2. The lowest BCUT2D eigenvalue weighted by molar-refractivity contribution is 0.0532. The van der Waals surface area contributed by atoms with E-state index in [2.05, 4.69) is 27.8 Å². The number of benzene rings is 1. The SMILES string of the molecule is CC1CN(c2ccc(CO)cc2Br)CCO1. The molecular weight excluding hydrogens is 270 g/mol. The standard InChI is InChI=1S/C12H16BrNO2/c1-9-7-14(4-5-16-9)12-3-2-10(8-15)6-11(12)13/h2-3,6,9,15H,4-5,7-8H2,1H3. The van der Waals surface area contributed by atoms with Gasteiger partial charge in [0.1, 0.15) is 0 Å². The van der Waals surface area contributed by atoms with Crippen molar-refractivity contribution in [2.24, 2.45) is 0 Å². The number of halogens is 1. The van der Waals surface area contributed by atoms with Crippen LogP contribution in [0.15, 0.2) is 22.7 Å². The van der Waals surface area contributed by atoms with E-state index in [1.165, 1.54) is 5.69 Å². The van der Waals surface area contributed by atoms with Gasteiger partial charge in [-0.2, -0.15) is 0 Å². The first-order chi connectivity index (χ1) is 7.70. The third-order valence-corrected chi connectivity index (χ3v) is 3.41. The molecule has 1 aliphatic rings. The highest BCUT2D eigenvalue weighted by Gasteiger charge is 2.18. The highest BCUT2D eigenvalue weighted by molar-refractivity contribution is 9.10. The van der Waals surface area contributed by atoms with Crippen molar-refractivity contribution in [2.75, 3.05) is 24.6 Å². The molecule has 1 saturated heterocycles. The minimum Gasteiger partial charge on any atom is -0.392 e. The minimum atomic E-state index is 0.0817. The molecule has 1 fully saturated rings. The molecule has 16 heavy (non-hydrogen) atoms. The number of aliphatic hydroxyl groups is 1. The number of ether oxygens (including phenoxy) is 1. The van der Waals surface area contributed by atoms with E-state index in [0.29, 0.717) is 0 Å². The maximum Gasteiger partial charge on any atom is 0.0722 e. The lowest BCUT2D eigenvalue weighted by Crippen LogP contribution is -2.41. The van der Waals surface area contributed by atoms with Crippen molar-refractivity contribution in [3.8, 4) is 0 Å². The quantitative estimate of drug-likeness (QED) is 0.904. The van der Waals surface area contributed by atoms with E-state index >= 15 is 0 Å². The van der Waals surface area contributed by atoms with E-state index in [9.17, 15) is 0 Å². The fraction of sp³-hybridized carbons (Fsp3) is 0.500. The van der Waals surface area contributed by atoms with Gasteiger partial charge in [-0.15, -0.1) is 0 Å². The summed E-state index contributed by atoms with van der Waals surface area (Å²) >= 11 is 3.55. The van der Waals surface area contributed by atoms with Crippen LogP contribution < -0.4 is 4.90 Å². The van der Waals surface area contributed by atoms with Crippen LogP contribution in [0.2, 0.25) is 0 Å². The molecule has 4 heteroatoms. The zero-order valence-electron chi connectivity index (χ0n) is 9.32. The average molecular weight is 286 g/mol. The van der Waals surface area contributed by atoms with Crippen LogP contribution in [0.5, 0.6) is 0 Å². The van der Waals surface area contributed by atoms with Crippen LogP contribution in [-0.2, 0) is 11.3 Å². The summed E-state index contributed by atoms with van der Waals surface area (Å²) < 4.78 is 6.55. The number of hydrogen-bond acceptors (Lipinski definition) is 3. The van der Waals surface area contributed by atoms with E-state index in [1.807, 2.05) is 18.2 Å². The molecule has 0 radical (unpaired) electrons. The fourth-order valence-electron chi connectivity index (χ4n) is 1.94. The lowest BCUT2D eigenvalue weighted by Gasteiger charge is -2.33. The van der Waals surface area contributed by atoms with Gasteiger partial charge in [0.05, 0.1) is 25.0 Å². The van der Waals surface area contributed by atoms with Crippen LogP contribution in [0.25, 0.3) is 0 Å². The summed E-state index contributed by atoms with van der Waals surface area (Å²) in [6, 6.07) is 5.98. The second kappa shape index (κ2) is 5.17. The molecule has 3 nitrogen and oxygen atoms in total. The van der Waals surface area contributed by atoms with Gasteiger partial charge in [0.25, 0.3) is 0 Å². The Labute approximate surface area is 104 Å². The molecule has 0 saturated carbocycles. The maximum absolute atomic E-state index is 9.05. The number of morpholine rings is 1. The van der Waals surface area contributed by atoms with Crippen molar-refractivity contribution in [1.82, 2.24) is 0 Å². The summed E-state index contributed by atoms with van der Waals surface area (Å²) in [7, 11) is 0. The monoisotopic (exact) mass is 285 g/mol. The van der Waals surface area contributed by atoms with E-state index in [1.54, 1.807) is 0 Å². The topological polar surface area (TPSA) is 32.7 Å². The minimum absolute atomic E-state index is 0.0817. The molecule has 0 bridgehead atoms. The molecule has 1 aliphatic heterocycles. The van der Waals surface area contributed by atoms with Crippen LogP contribution in [0, 0.1) is 0 Å². The van der Waals surface area contributed by atoms with Crippen LogP contribution >= 0.6 is 15.9 Å². The molecule has 1 N–H and O–H groups in total. The summed E-state index contributed by atoms with van der Waals surface area (Å²) in [6.45, 7) is 4.77. The Balaban J connectivity index is 2.19. The molecule has 0 spiro atoms. The number of rotatable bonds is 2. The molecule has 88 valence electrons. The molecule has 1 atom stereocenters. The Morgan fingerprint density at radius 2 is 2.38 bits per heavy atom. The van der Waals surface area contributed by atoms with Crippen molar-refractivity contribution in [1.29, 1.82) is 0 Å². The number of aliphatic hydroxyl groups excluding tert-OH is 1. The molecule has 1 heterocycles. The lowest BCUT2D eigenvalue weighted by atomic mass is 10.2. The molecule has 0 aromatic heterocycles. The van der Waals surface area contributed by atoms with Gasteiger partial charge in [-0.05, 0) is 40.5 Å². The van der Waals surface area contributed by atoms with E-state index < -0.39 is 0 Å². The summed E-state index contributed by atoms with van der Waals surface area (Å²) in [5.74, 6) is 0. The predicted molar refractivity (Wildman–Crippen MR) is 67.7 cm³/mol. The van der Waals surface area contributed by atoms with Crippen molar-refractivity contribution in [3.05, 3.63) is 28.2 Å². The Bertz CT molecular complexity index is 370. The van der Waals surface area contributed by atoms with Crippen LogP contribution in [0.1, 0.15) is 12.5 Å². The largest absolute Gasteiger partial charge is 0.392 e. The summed E-state index contributed by atoms with van der Waals surface area (Å²) in [5, 5.41) is 9.05. The fourth-order valence-corrected chi connectivity index (χ4v) is 2.62. The molecular formula is C12H16BrNO2. The van der Waals surface area contributed by atoms with Crippen LogP contribution in [0.3, 0.4) is 0 Å². The van der Waals surface area contributed by atoms with Crippen molar-refractivity contribution >= 4 is 21.6 Å². The van der Waals surface area contributed by atoms with Crippen molar-refractivity contribution in [3.63, 3.8) is 0 Å². The predicted octanol–water partition coefficient (Wildman–Crippen LogP) is 2.17. The average Bonchev–Trinajstić information content (AvgIpc) is 2.28. The number of anilines is 1. The highest BCUT2D eigenvalue weighted by Crippen LogP contribution is 2.28. The van der Waals surface area contributed by atoms with Crippen LogP contribution in [0.4, 0.5) is 5.69 Å². The van der Waals surface area contributed by atoms with Gasteiger partial charge >= 0.3 is 0 Å². The molecule has 1 unspecified atom stereocenters. The van der Waals surface area contributed by atoms with E-state index in [4.69, 9.17) is 9.84 Å². The Morgan fingerprint density at radius 1 is 1.56 bits per heavy atom. The zero-order valence-corrected chi connectivity index (χ0v) is 10.9. The molecule has 0 aliphatic carbocycles. The van der Waals surface area contributed by atoms with Gasteiger partial charge in [-0.3, -0.25) is 0 Å². The first-order valence-corrected chi connectivity index (χ1v) is 6.26.